The predicted octanol–water partition coefficient (Wildman–Crippen LogP) is 5.66. The first kappa shape index (κ1) is 18.5. The van der Waals surface area contributed by atoms with Gasteiger partial charge in [0.05, 0.1) is 0 Å². The lowest BCUT2D eigenvalue weighted by Crippen LogP contribution is -2.30. The smallest absolute Gasteiger partial charge is 0.148 e. The van der Waals surface area contributed by atoms with Crippen LogP contribution in [0.25, 0.3) is 0 Å². The maximum Gasteiger partial charge on any atom is 0.229 e. The Morgan fingerprint density at radius 2 is 1.36 bits per heavy atom. The van der Waals surface area contributed by atoms with E-state index in [2.05, 4.69) is 65.5 Å². The van der Waals surface area contributed by atoms with Crippen LogP contribution in [0, 0.1) is 47.3 Å². The van der Waals surface area contributed by atoms with E-state index >= 15 is 0 Å². The molecule has 0 amide bonds. The van der Waals surface area contributed by atoms with E-state index in [1.165, 1.54) is 33.9 Å². The lowest BCUT2D eigenvalue weighted by Gasteiger charge is -2.40. The van der Waals surface area contributed by atoms with Crippen molar-refractivity contribution in [1.29, 1.82) is 0 Å². The Kier molecular flexibility index (Phi) is 4.38. The Morgan fingerprint density at radius 3 is 1.80 bits per heavy atom. The summed E-state index contributed by atoms with van der Waals surface area (Å²) in [5.74, 6) is 8.71. The van der Waals surface area contributed by atoms with Crippen molar-refractivity contribution in [1.82, 2.24) is 0 Å². The third kappa shape index (κ3) is 2.28. The summed E-state index contributed by atoms with van der Waals surface area (Å²) in [7, 11) is 0.434. The SMILES string of the molecule is CC(C)(C)P(BI)C1C2CC3C(C31)C2P(BI)C1C2CC3C(C2Cl)C31. The summed E-state index contributed by atoms with van der Waals surface area (Å²) in [6.07, 6.45) is 3.15. The largest absolute Gasteiger partial charge is 0.229 e. The molecule has 136 valence electrons. The number of hydrogen-bond acceptors (Lipinski definition) is 0. The summed E-state index contributed by atoms with van der Waals surface area (Å²) < 4.78 is 0. The van der Waals surface area contributed by atoms with Crippen molar-refractivity contribution in [2.24, 2.45) is 47.3 Å². The highest BCUT2D eigenvalue weighted by atomic mass is 127. The van der Waals surface area contributed by atoms with Gasteiger partial charge in [0.2, 0.25) is 9.71 Å². The molecule has 0 aromatic rings. The van der Waals surface area contributed by atoms with Crippen molar-refractivity contribution in [3.63, 3.8) is 0 Å². The molecule has 8 aliphatic carbocycles. The molecule has 8 aliphatic rings. The molecule has 0 spiro atoms. The molecule has 8 saturated carbocycles. The van der Waals surface area contributed by atoms with Crippen LogP contribution >= 0.6 is 71.9 Å². The fraction of sp³-hybridized carbons (Fsp3) is 1.00. The Balaban J connectivity index is 1.29. The summed E-state index contributed by atoms with van der Waals surface area (Å²) >= 11 is 12.4. The maximum absolute atomic E-state index is 6.86. The van der Waals surface area contributed by atoms with Gasteiger partial charge in [-0.25, -0.2) is 0 Å². The van der Waals surface area contributed by atoms with E-state index in [4.69, 9.17) is 11.6 Å². The fourth-order valence-electron chi connectivity index (χ4n) is 8.52. The first-order valence-electron chi connectivity index (χ1n) is 10.2. The van der Waals surface area contributed by atoms with Gasteiger partial charge in [-0.2, -0.15) is 0 Å². The van der Waals surface area contributed by atoms with Gasteiger partial charge in [-0.1, -0.05) is 20.8 Å². The Morgan fingerprint density at radius 1 is 0.800 bits per heavy atom. The lowest BCUT2D eigenvalue weighted by molar-refractivity contribution is 0.588. The first-order chi connectivity index (χ1) is 11.9. The lowest BCUT2D eigenvalue weighted by atomic mass is 10.1. The number of rotatable bonds is 5. The summed E-state index contributed by atoms with van der Waals surface area (Å²) in [6, 6.07) is 0. The molecule has 0 aromatic heterocycles. The van der Waals surface area contributed by atoms with Crippen LogP contribution in [0.4, 0.5) is 0 Å². The quantitative estimate of drug-likeness (QED) is 0.162. The van der Waals surface area contributed by atoms with Crippen LogP contribution in [0.15, 0.2) is 0 Å². The predicted molar refractivity (Wildman–Crippen MR) is 134 cm³/mol. The van der Waals surface area contributed by atoms with Gasteiger partial charge in [0, 0.05) is 5.38 Å². The van der Waals surface area contributed by atoms with Crippen LogP contribution in [0.3, 0.4) is 0 Å². The summed E-state index contributed by atoms with van der Waals surface area (Å²) in [5.41, 5.74) is 3.39. The molecular weight excluding hydrogens is 589 g/mol. The van der Waals surface area contributed by atoms with Crippen molar-refractivity contribution in [3.8, 4) is 0 Å². The van der Waals surface area contributed by atoms with Crippen LogP contribution in [-0.2, 0) is 0 Å². The minimum Gasteiger partial charge on any atom is -0.148 e. The van der Waals surface area contributed by atoms with Crippen molar-refractivity contribution in [3.05, 3.63) is 0 Å². The molecular formula is C18H27B2ClI2P2. The molecule has 8 bridgehead atoms. The summed E-state index contributed by atoms with van der Waals surface area (Å²) in [5, 5.41) is 1.14. The molecule has 25 heavy (non-hydrogen) atoms. The molecule has 14 unspecified atom stereocenters. The van der Waals surface area contributed by atoms with Crippen molar-refractivity contribution >= 4 is 81.7 Å². The Labute approximate surface area is 188 Å². The highest BCUT2D eigenvalue weighted by Gasteiger charge is 2.79. The first-order valence-corrected chi connectivity index (χ1v) is 16.9. The van der Waals surface area contributed by atoms with Gasteiger partial charge in [-0.15, -0.1) is 71.9 Å². The van der Waals surface area contributed by atoms with E-state index in [1.807, 2.05) is 0 Å². The van der Waals surface area contributed by atoms with E-state index in [-0.39, 0.29) is 15.6 Å². The van der Waals surface area contributed by atoms with E-state index in [9.17, 15) is 0 Å². The monoisotopic (exact) mass is 616 g/mol. The van der Waals surface area contributed by atoms with Crippen molar-refractivity contribution in [2.75, 3.05) is 0 Å². The van der Waals surface area contributed by atoms with E-state index < -0.39 is 0 Å². The Hall–Kier alpha value is 2.74. The zero-order valence-electron chi connectivity index (χ0n) is 15.3. The molecule has 0 saturated heterocycles. The molecule has 0 aromatic carbocycles. The average molecular weight is 616 g/mol. The van der Waals surface area contributed by atoms with Crippen molar-refractivity contribution in [2.45, 2.75) is 61.1 Å². The van der Waals surface area contributed by atoms with Gasteiger partial charge < -0.3 is 0 Å². The maximum atomic E-state index is 6.86. The van der Waals surface area contributed by atoms with E-state index in [0.29, 0.717) is 10.5 Å². The summed E-state index contributed by atoms with van der Waals surface area (Å²) in [6.45, 7) is 7.62. The second-order valence-electron chi connectivity index (χ2n) is 10.7. The number of hydrogen-bond donors (Lipinski definition) is 0. The van der Waals surface area contributed by atoms with Gasteiger partial charge in [0.25, 0.3) is 0 Å². The third-order valence-corrected chi connectivity index (χ3v) is 21.1. The molecule has 8 fully saturated rings. The molecule has 0 aliphatic heterocycles. The minimum absolute atomic E-state index is 0.194. The molecule has 0 nitrogen and oxygen atoms in total. The standard InChI is InChI=1S/C18H27B2ClI2P2/c1-18(2,3)25(20-23)17-9-5-7-12(13(7)17)16(9)24(19-22)15-8-4-6-10(11(6)15)14(8)21/h6-17,19-20H,4-5H2,1-3H3. The highest BCUT2D eigenvalue weighted by Crippen LogP contribution is 2.87. The normalized spacial score (nSPS) is 61.4. The van der Waals surface area contributed by atoms with Crippen LogP contribution in [-0.4, -0.2) is 37.2 Å². The fourth-order valence-corrected chi connectivity index (χ4v) is 23.6. The van der Waals surface area contributed by atoms with Gasteiger partial charge in [0.1, 0.15) is 0 Å². The number of halogens is 3. The zero-order chi connectivity index (χ0) is 17.4. The van der Waals surface area contributed by atoms with E-state index in [0.717, 1.165) is 46.6 Å². The van der Waals surface area contributed by atoms with Crippen LogP contribution < -0.4 is 0 Å². The molecule has 0 heterocycles. The summed E-state index contributed by atoms with van der Waals surface area (Å²) in [4.78, 5) is 2.92. The van der Waals surface area contributed by atoms with Crippen molar-refractivity contribution < 1.29 is 0 Å². The molecule has 8 rings (SSSR count). The van der Waals surface area contributed by atoms with Gasteiger partial charge >= 0.3 is 0 Å². The second kappa shape index (κ2) is 5.91. The molecule has 0 radical (unpaired) electrons. The third-order valence-electron chi connectivity index (χ3n) is 9.20. The molecule has 0 N–H and O–H groups in total. The van der Waals surface area contributed by atoms with Gasteiger partial charge in [0.15, 0.2) is 0 Å². The van der Waals surface area contributed by atoms with Gasteiger partial charge in [-0.3, -0.25) is 0 Å². The Bertz CT molecular complexity index is 618. The molecule has 7 heteroatoms. The average Bonchev–Trinajstić information content (AvgIpc) is 2.98. The van der Waals surface area contributed by atoms with Crippen LogP contribution in [0.1, 0.15) is 33.6 Å². The highest BCUT2D eigenvalue weighted by molar-refractivity contribution is 14.1. The minimum atomic E-state index is 0.194. The van der Waals surface area contributed by atoms with Crippen LogP contribution in [0.5, 0.6) is 0 Å². The topological polar surface area (TPSA) is 0 Å². The number of alkyl halides is 1. The second-order valence-corrected chi connectivity index (χ2v) is 20.9. The van der Waals surface area contributed by atoms with Crippen LogP contribution in [0.2, 0.25) is 0 Å². The zero-order valence-corrected chi connectivity index (χ0v) is 22.1. The van der Waals surface area contributed by atoms with Gasteiger partial charge in [-0.05, 0) is 82.3 Å². The van der Waals surface area contributed by atoms with E-state index in [1.54, 1.807) is 6.42 Å². The molecule has 14 atom stereocenters.